The van der Waals surface area contributed by atoms with E-state index in [0.29, 0.717) is 89.5 Å². The summed E-state index contributed by atoms with van der Waals surface area (Å²) in [6.07, 6.45) is 0.193. The van der Waals surface area contributed by atoms with E-state index in [1.807, 2.05) is 94.6 Å². The summed E-state index contributed by atoms with van der Waals surface area (Å²) < 4.78 is 30.8. The van der Waals surface area contributed by atoms with Gasteiger partial charge in [-0.1, -0.05) is 30.3 Å². The molecule has 0 aliphatic carbocycles. The van der Waals surface area contributed by atoms with Crippen LogP contribution in [0.25, 0.3) is 21.6 Å². The van der Waals surface area contributed by atoms with Gasteiger partial charge in [0.2, 0.25) is 5.82 Å². The molecule has 15 heteroatoms. The lowest BCUT2D eigenvalue weighted by Crippen LogP contribution is -2.34. The minimum atomic E-state index is -0.534. The molecule has 2 N–H and O–H groups in total. The molecule has 2 amide bonds. The van der Waals surface area contributed by atoms with E-state index in [4.69, 9.17) is 23.7 Å². The third-order valence-electron chi connectivity index (χ3n) is 7.79. The number of carbonyl (C=O) groups is 2. The van der Waals surface area contributed by atoms with Crippen LogP contribution in [0, 0.1) is 0 Å². The highest BCUT2D eigenvalue weighted by Gasteiger charge is 2.18. The van der Waals surface area contributed by atoms with Crippen LogP contribution in [-0.4, -0.2) is 95.1 Å². The monoisotopic (exact) mass is 747 g/mol. The lowest BCUT2D eigenvalue weighted by molar-refractivity contribution is 0.0371. The maximum atomic E-state index is 13.5. The molecule has 5 rings (SSSR count). The Balaban J connectivity index is 1.07. The van der Waals surface area contributed by atoms with Gasteiger partial charge in [-0.05, 0) is 87.0 Å². The second-order valence-corrected chi connectivity index (χ2v) is 13.9. The van der Waals surface area contributed by atoms with Crippen LogP contribution in [-0.2, 0) is 33.7 Å². The average Bonchev–Trinajstić information content (AvgIpc) is 3.86. The predicted octanol–water partition coefficient (Wildman–Crippen LogP) is 5.73. The molecular weight excluding hydrogens is 699 g/mol. The van der Waals surface area contributed by atoms with E-state index < -0.39 is 11.7 Å². The van der Waals surface area contributed by atoms with E-state index in [-0.39, 0.29) is 5.91 Å². The molecule has 0 spiro atoms. The van der Waals surface area contributed by atoms with E-state index >= 15 is 0 Å². The number of thiophene rings is 1. The van der Waals surface area contributed by atoms with Crippen molar-refractivity contribution >= 4 is 33.6 Å². The van der Waals surface area contributed by atoms with Gasteiger partial charge in [0.25, 0.3) is 5.91 Å². The van der Waals surface area contributed by atoms with Gasteiger partial charge in [0.15, 0.2) is 11.5 Å². The fourth-order valence-electron chi connectivity index (χ4n) is 5.40. The largest absolute Gasteiger partial charge is 0.490 e. The lowest BCUT2D eigenvalue weighted by Gasteiger charge is -2.19. The summed E-state index contributed by atoms with van der Waals surface area (Å²) in [7, 11) is 0. The minimum Gasteiger partial charge on any atom is -0.490 e. The molecule has 0 atom stereocenters. The molecule has 0 saturated heterocycles. The van der Waals surface area contributed by atoms with Gasteiger partial charge in [-0.25, -0.2) is 4.79 Å². The summed E-state index contributed by atoms with van der Waals surface area (Å²) >= 11 is 1.61. The highest BCUT2D eigenvalue weighted by atomic mass is 32.1. The fourth-order valence-corrected chi connectivity index (χ4v) is 6.22. The Labute approximate surface area is 313 Å². The first-order valence-electron chi connectivity index (χ1n) is 17.9. The molecule has 53 heavy (non-hydrogen) atoms. The number of hydrogen-bond donors (Lipinski definition) is 2. The van der Waals surface area contributed by atoms with Crippen molar-refractivity contribution in [1.82, 2.24) is 35.4 Å². The smallest absolute Gasteiger partial charge is 0.407 e. The van der Waals surface area contributed by atoms with Crippen LogP contribution in [0.5, 0.6) is 11.5 Å². The molecule has 3 heterocycles. The fraction of sp³-hybridized carbons (Fsp3) is 0.447. The normalized spacial score (nSPS) is 11.5. The van der Waals surface area contributed by atoms with Crippen LogP contribution < -0.4 is 20.1 Å². The second-order valence-electron chi connectivity index (χ2n) is 13.0. The zero-order valence-electron chi connectivity index (χ0n) is 31.1. The van der Waals surface area contributed by atoms with Crippen molar-refractivity contribution in [2.45, 2.75) is 59.7 Å². The predicted molar refractivity (Wildman–Crippen MR) is 203 cm³/mol. The zero-order valence-corrected chi connectivity index (χ0v) is 31.9. The van der Waals surface area contributed by atoms with Crippen molar-refractivity contribution in [3.05, 3.63) is 76.8 Å². The lowest BCUT2D eigenvalue weighted by atomic mass is 10.1. The van der Waals surface area contributed by atoms with Gasteiger partial charge < -0.3 is 38.9 Å². The van der Waals surface area contributed by atoms with Gasteiger partial charge in [0, 0.05) is 25.2 Å². The van der Waals surface area contributed by atoms with Crippen LogP contribution >= 0.6 is 11.3 Å². The molecule has 284 valence electrons. The van der Waals surface area contributed by atoms with Gasteiger partial charge in [-0.3, -0.25) is 4.79 Å². The Kier molecular flexibility index (Phi) is 14.2. The molecule has 14 nitrogen and oxygen atoms in total. The maximum Gasteiger partial charge on any atom is 0.407 e. The zero-order chi connectivity index (χ0) is 37.6. The van der Waals surface area contributed by atoms with Gasteiger partial charge in [0.05, 0.1) is 56.4 Å². The number of amides is 2. The number of hydrogen-bond acceptors (Lipinski definition) is 11. The minimum absolute atomic E-state index is 0.120. The van der Waals surface area contributed by atoms with Crippen molar-refractivity contribution in [3.8, 4) is 22.9 Å². The van der Waals surface area contributed by atoms with Gasteiger partial charge in [-0.15, -0.1) is 21.5 Å². The van der Waals surface area contributed by atoms with Crippen LogP contribution in [0.1, 0.15) is 56.2 Å². The van der Waals surface area contributed by atoms with Crippen molar-refractivity contribution in [3.63, 3.8) is 0 Å². The number of aromatic nitrogens is 5. The van der Waals surface area contributed by atoms with E-state index in [2.05, 4.69) is 30.6 Å². The average molecular weight is 748 g/mol. The summed E-state index contributed by atoms with van der Waals surface area (Å²) in [6.45, 7) is 13.8. The Hall–Kier alpha value is -4.99. The van der Waals surface area contributed by atoms with Gasteiger partial charge in [-0.2, -0.15) is 4.80 Å². The number of tetrazole rings is 1. The number of carbonyl (C=O) groups excluding carboxylic acids is 2. The second kappa shape index (κ2) is 19.2. The van der Waals surface area contributed by atoms with Crippen LogP contribution in [0.4, 0.5) is 4.79 Å². The third kappa shape index (κ3) is 11.8. The van der Waals surface area contributed by atoms with E-state index in [0.717, 1.165) is 32.7 Å². The maximum absolute atomic E-state index is 13.5. The first kappa shape index (κ1) is 39.2. The summed E-state index contributed by atoms with van der Waals surface area (Å²) in [6, 6.07) is 17.9. The number of ether oxygens (including phenoxy) is 5. The number of alkyl carbamates (subject to hydrolysis) is 1. The Morgan fingerprint density at radius 1 is 0.830 bits per heavy atom. The Morgan fingerprint density at radius 2 is 1.57 bits per heavy atom. The first-order valence-corrected chi connectivity index (χ1v) is 18.7. The summed E-state index contributed by atoms with van der Waals surface area (Å²) in [5, 5.41) is 20.7. The topological polar surface area (TPSA) is 153 Å². The summed E-state index contributed by atoms with van der Waals surface area (Å²) in [4.78, 5) is 26.6. The van der Waals surface area contributed by atoms with E-state index in [1.54, 1.807) is 11.3 Å². The van der Waals surface area contributed by atoms with Crippen molar-refractivity contribution in [2.24, 2.45) is 0 Å². The molecule has 2 aromatic carbocycles. The SMILES string of the molecule is CCOc1ccc(CCNC(=O)c2cc3sccc3n2Cc2ccc(-c3nnn(CCOCCOCCNC(=O)OC(C)(C)C)n3)cc2)cc1OCC. The van der Waals surface area contributed by atoms with E-state index in [1.165, 1.54) is 4.80 Å². The third-order valence-corrected chi connectivity index (χ3v) is 8.64. The quantitative estimate of drug-likeness (QED) is 0.0945. The first-order chi connectivity index (χ1) is 25.6. The summed E-state index contributed by atoms with van der Waals surface area (Å²) in [5.74, 6) is 1.83. The molecule has 0 saturated carbocycles. The van der Waals surface area contributed by atoms with Crippen LogP contribution in [0.2, 0.25) is 0 Å². The molecule has 0 radical (unpaired) electrons. The molecule has 5 aromatic rings. The van der Waals surface area contributed by atoms with Crippen molar-refractivity contribution in [1.29, 1.82) is 0 Å². The Morgan fingerprint density at radius 3 is 2.32 bits per heavy atom. The number of nitrogens with one attached hydrogen (secondary N) is 2. The number of rotatable bonds is 20. The Bertz CT molecular complexity index is 1910. The number of benzene rings is 2. The molecule has 0 fully saturated rings. The number of nitrogens with zero attached hydrogens (tertiary/aromatic N) is 5. The molecule has 0 aliphatic rings. The molecule has 0 bridgehead atoms. The van der Waals surface area contributed by atoms with Gasteiger partial charge in [0.1, 0.15) is 11.3 Å². The molecule has 0 unspecified atom stereocenters. The molecule has 3 aromatic heterocycles. The van der Waals surface area contributed by atoms with Crippen LogP contribution in [0.15, 0.2) is 60.0 Å². The van der Waals surface area contributed by atoms with Crippen molar-refractivity contribution in [2.75, 3.05) is 52.7 Å². The summed E-state index contributed by atoms with van der Waals surface area (Å²) in [5.41, 5.74) is 4.03. The highest BCUT2D eigenvalue weighted by molar-refractivity contribution is 7.17. The van der Waals surface area contributed by atoms with Crippen LogP contribution in [0.3, 0.4) is 0 Å². The highest BCUT2D eigenvalue weighted by Crippen LogP contribution is 2.29. The van der Waals surface area contributed by atoms with E-state index in [9.17, 15) is 9.59 Å². The van der Waals surface area contributed by atoms with Crippen molar-refractivity contribution < 1.29 is 33.3 Å². The molecule has 0 aliphatic heterocycles. The molecular formula is C38H49N7O7S. The van der Waals surface area contributed by atoms with Gasteiger partial charge >= 0.3 is 6.09 Å². The number of fused-ring (bicyclic) bond motifs is 1. The standard InChI is InChI=1S/C38H49N7O7S/c1-6-50-32-13-10-27(24-33(32)51-7-2)14-16-39-36(46)31-25-34-30(15-23-53-34)44(31)26-28-8-11-29(12-9-28)35-41-43-45(42-35)18-20-49-22-21-48-19-17-40-37(47)52-38(3,4)5/h8-13,15,23-25H,6-7,14,16-22,26H2,1-5H3,(H,39,46)(H,40,47).